The number of benzene rings is 1. The lowest BCUT2D eigenvalue weighted by Gasteiger charge is -2.07. The van der Waals surface area contributed by atoms with E-state index in [1.54, 1.807) is 60.4 Å². The maximum Gasteiger partial charge on any atom is 0.216 e. The van der Waals surface area contributed by atoms with Gasteiger partial charge in [-0.2, -0.15) is 5.10 Å². The van der Waals surface area contributed by atoms with Gasteiger partial charge in [0.1, 0.15) is 5.82 Å². The fraction of sp³-hybridized carbons (Fsp3) is 0.207. The van der Waals surface area contributed by atoms with E-state index in [1.165, 1.54) is 30.3 Å². The molecule has 38 heavy (non-hydrogen) atoms. The molecule has 0 aliphatic rings. The molecule has 0 saturated carbocycles. The summed E-state index contributed by atoms with van der Waals surface area (Å²) in [4.78, 5) is 17.4. The van der Waals surface area contributed by atoms with Crippen LogP contribution in [0.3, 0.4) is 0 Å². The molecule has 0 spiro atoms. The standard InChI is InChI=1S/C27H25FN4O3S.C2H6/c1-3-19(18-36(34,35)31-14-21-6-9-24(28)10-7-21)4-5-20-8-11-26-25(27(33)12-20)13-22(15-29-26)23-16-30-32(2)17-23;1-2/h3-13,15-17,31H,14,18H2,1-2H3;1-2H3/b5-4-,19-3+;. The van der Waals surface area contributed by atoms with E-state index in [1.807, 2.05) is 27.1 Å². The van der Waals surface area contributed by atoms with Crippen LogP contribution in [0.25, 0.3) is 28.1 Å². The Balaban J connectivity index is 0.00000195. The first-order valence-corrected chi connectivity index (χ1v) is 13.9. The Hall–Kier alpha value is -3.95. The molecule has 4 rings (SSSR count). The molecular weight excluding hydrogens is 503 g/mol. The van der Waals surface area contributed by atoms with Crippen molar-refractivity contribution >= 4 is 27.0 Å². The summed E-state index contributed by atoms with van der Waals surface area (Å²) in [5.41, 5.74) is 3.87. The van der Waals surface area contributed by atoms with Crippen molar-refractivity contribution in [3.63, 3.8) is 0 Å². The van der Waals surface area contributed by atoms with Crippen molar-refractivity contribution in [2.75, 3.05) is 5.75 Å². The third kappa shape index (κ3) is 7.77. The minimum absolute atomic E-state index is 0.0675. The summed E-state index contributed by atoms with van der Waals surface area (Å²) in [5, 5.41) is 4.64. The molecule has 7 nitrogen and oxygen atoms in total. The number of nitrogens with zero attached hydrogens (tertiary/aromatic N) is 3. The smallest absolute Gasteiger partial charge is 0.216 e. The van der Waals surface area contributed by atoms with E-state index in [0.29, 0.717) is 27.6 Å². The van der Waals surface area contributed by atoms with E-state index in [9.17, 15) is 17.6 Å². The van der Waals surface area contributed by atoms with Crippen LogP contribution in [-0.2, 0) is 23.6 Å². The number of rotatable bonds is 8. The molecule has 4 aromatic rings. The number of hydrogen-bond acceptors (Lipinski definition) is 5. The lowest BCUT2D eigenvalue weighted by atomic mass is 10.1. The minimum Gasteiger partial charge on any atom is -0.289 e. The predicted molar refractivity (Wildman–Crippen MR) is 151 cm³/mol. The van der Waals surface area contributed by atoms with Crippen LogP contribution in [-0.4, -0.2) is 28.9 Å². The number of aromatic nitrogens is 3. The number of allylic oxidation sites excluding steroid dienone is 2. The van der Waals surface area contributed by atoms with Crippen molar-refractivity contribution in [2.24, 2.45) is 7.05 Å². The summed E-state index contributed by atoms with van der Waals surface area (Å²) >= 11 is 0. The molecule has 0 fully saturated rings. The topological polar surface area (TPSA) is 93.9 Å². The average molecular weight is 535 g/mol. The second-order valence-corrected chi connectivity index (χ2v) is 10.1. The van der Waals surface area contributed by atoms with Crippen LogP contribution in [0, 0.1) is 5.82 Å². The molecule has 0 amide bonds. The van der Waals surface area contributed by atoms with Gasteiger partial charge in [0, 0.05) is 42.5 Å². The molecule has 0 unspecified atom stereocenters. The normalized spacial score (nSPS) is 12.0. The quantitative estimate of drug-likeness (QED) is 0.312. The van der Waals surface area contributed by atoms with E-state index in [4.69, 9.17) is 0 Å². The van der Waals surface area contributed by atoms with E-state index in [-0.39, 0.29) is 23.5 Å². The summed E-state index contributed by atoms with van der Waals surface area (Å²) in [5.74, 6) is -0.612. The van der Waals surface area contributed by atoms with E-state index >= 15 is 0 Å². The van der Waals surface area contributed by atoms with Crippen LogP contribution in [0.1, 0.15) is 31.9 Å². The number of pyridine rings is 1. The molecule has 0 aliphatic heterocycles. The van der Waals surface area contributed by atoms with Crippen molar-refractivity contribution < 1.29 is 12.8 Å². The Labute approximate surface area is 222 Å². The van der Waals surface area contributed by atoms with Gasteiger partial charge in [-0.3, -0.25) is 14.5 Å². The van der Waals surface area contributed by atoms with Gasteiger partial charge in [-0.25, -0.2) is 17.5 Å². The molecule has 2 heterocycles. The monoisotopic (exact) mass is 534 g/mol. The summed E-state index contributed by atoms with van der Waals surface area (Å²) in [6, 6.07) is 12.5. The fourth-order valence-electron chi connectivity index (χ4n) is 3.59. The molecule has 2 aromatic heterocycles. The van der Waals surface area contributed by atoms with Crippen molar-refractivity contribution in [1.82, 2.24) is 19.5 Å². The predicted octanol–water partition coefficient (Wildman–Crippen LogP) is 5.24. The first-order chi connectivity index (χ1) is 18.2. The summed E-state index contributed by atoms with van der Waals surface area (Å²) in [6.45, 7) is 5.81. The highest BCUT2D eigenvalue weighted by Crippen LogP contribution is 2.20. The van der Waals surface area contributed by atoms with Gasteiger partial charge in [0.2, 0.25) is 10.0 Å². The Morgan fingerprint density at radius 1 is 1.05 bits per heavy atom. The number of aryl methyl sites for hydroxylation is 1. The zero-order valence-electron chi connectivity index (χ0n) is 21.8. The second-order valence-electron chi connectivity index (χ2n) is 8.30. The maximum absolute atomic E-state index is 13.0. The van der Waals surface area contributed by atoms with Crippen LogP contribution in [0.5, 0.6) is 0 Å². The lowest BCUT2D eigenvalue weighted by molar-refractivity contribution is 0.583. The number of sulfonamides is 1. The molecule has 9 heteroatoms. The zero-order chi connectivity index (χ0) is 27.7. The van der Waals surface area contributed by atoms with Crippen LogP contribution in [0.15, 0.2) is 89.6 Å². The highest BCUT2D eigenvalue weighted by molar-refractivity contribution is 7.89. The van der Waals surface area contributed by atoms with Crippen LogP contribution in [0.4, 0.5) is 4.39 Å². The molecule has 0 radical (unpaired) electrons. The van der Waals surface area contributed by atoms with Gasteiger partial charge in [-0.1, -0.05) is 50.3 Å². The molecule has 2 aromatic carbocycles. The highest BCUT2D eigenvalue weighted by Gasteiger charge is 2.12. The van der Waals surface area contributed by atoms with Gasteiger partial charge in [0.05, 0.1) is 17.5 Å². The van der Waals surface area contributed by atoms with Gasteiger partial charge < -0.3 is 0 Å². The summed E-state index contributed by atoms with van der Waals surface area (Å²) in [7, 11) is -1.81. The Kier molecular flexibility index (Phi) is 9.81. The van der Waals surface area contributed by atoms with Crippen LogP contribution >= 0.6 is 0 Å². The Morgan fingerprint density at radius 2 is 1.79 bits per heavy atom. The van der Waals surface area contributed by atoms with Crippen molar-refractivity contribution in [3.05, 3.63) is 112 Å². The molecule has 0 aliphatic carbocycles. The Bertz CT molecular complexity index is 1630. The van der Waals surface area contributed by atoms with Crippen molar-refractivity contribution in [3.8, 4) is 11.1 Å². The maximum atomic E-state index is 13.0. The molecule has 0 atom stereocenters. The summed E-state index contributed by atoms with van der Waals surface area (Å²) in [6.07, 6.45) is 10.3. The lowest BCUT2D eigenvalue weighted by Crippen LogP contribution is -2.26. The van der Waals surface area contributed by atoms with Gasteiger partial charge in [0.25, 0.3) is 0 Å². The highest BCUT2D eigenvalue weighted by atomic mass is 32.2. The zero-order valence-corrected chi connectivity index (χ0v) is 22.7. The third-order valence-electron chi connectivity index (χ3n) is 5.58. The number of fused-ring (bicyclic) bond motifs is 1. The second kappa shape index (κ2) is 13.0. The first-order valence-electron chi connectivity index (χ1n) is 12.2. The molecular formula is C29H31FN4O3S. The molecule has 0 saturated heterocycles. The molecule has 0 bridgehead atoms. The van der Waals surface area contributed by atoms with Crippen molar-refractivity contribution in [1.29, 1.82) is 0 Å². The van der Waals surface area contributed by atoms with E-state index in [2.05, 4.69) is 14.8 Å². The van der Waals surface area contributed by atoms with Crippen LogP contribution in [0.2, 0.25) is 0 Å². The number of nitrogens with one attached hydrogen (secondary N) is 1. The SMILES string of the molecule is C/C=C(\C=C/c1ccc2ncc(-c3cnn(C)c3)cc2c(=O)c1)CS(=O)(=O)NCc1ccc(F)cc1.CC. The average Bonchev–Trinajstić information content (AvgIpc) is 3.29. The van der Waals surface area contributed by atoms with Gasteiger partial charge >= 0.3 is 0 Å². The van der Waals surface area contributed by atoms with Gasteiger partial charge in [-0.05, 0) is 54.0 Å². The first kappa shape index (κ1) is 28.6. The molecule has 1 N–H and O–H groups in total. The fourth-order valence-corrected chi connectivity index (χ4v) is 4.78. The Morgan fingerprint density at radius 3 is 2.45 bits per heavy atom. The summed E-state index contributed by atoms with van der Waals surface area (Å²) < 4.78 is 42.3. The largest absolute Gasteiger partial charge is 0.289 e. The molecule has 198 valence electrons. The van der Waals surface area contributed by atoms with Gasteiger partial charge in [0.15, 0.2) is 5.43 Å². The number of halogens is 1. The van der Waals surface area contributed by atoms with E-state index in [0.717, 1.165) is 11.1 Å². The minimum atomic E-state index is -3.63. The van der Waals surface area contributed by atoms with E-state index < -0.39 is 10.0 Å². The number of hydrogen-bond donors (Lipinski definition) is 1. The van der Waals surface area contributed by atoms with Crippen LogP contribution < -0.4 is 10.2 Å². The third-order valence-corrected chi connectivity index (χ3v) is 6.88. The van der Waals surface area contributed by atoms with Gasteiger partial charge in [-0.15, -0.1) is 0 Å². The van der Waals surface area contributed by atoms with Crippen molar-refractivity contribution in [2.45, 2.75) is 27.3 Å².